The molecule has 0 spiro atoms. The average molecular weight is 247 g/mol. The van der Waals surface area contributed by atoms with Crippen LogP contribution in [0.4, 0.5) is 0 Å². The number of rotatable bonds is 6. The summed E-state index contributed by atoms with van der Waals surface area (Å²) in [6, 6.07) is 9.14. The summed E-state index contributed by atoms with van der Waals surface area (Å²) >= 11 is 2.03. The highest BCUT2D eigenvalue weighted by atomic mass is 32.2. The van der Waals surface area contributed by atoms with Gasteiger partial charge in [-0.05, 0) is 49.0 Å². The quantitative estimate of drug-likeness (QED) is 0.825. The van der Waals surface area contributed by atoms with E-state index in [1.165, 1.54) is 37.8 Å². The molecule has 1 N–H and O–H groups in total. The smallest absolute Gasteiger partial charge is 0.0282 e. The Balaban J connectivity index is 1.52. The molecule has 2 heteroatoms. The lowest BCUT2D eigenvalue weighted by Crippen LogP contribution is -2.25. The van der Waals surface area contributed by atoms with Crippen LogP contribution in [0, 0.1) is 0 Å². The average Bonchev–Trinajstić information content (AvgIpc) is 3.25. The predicted molar refractivity (Wildman–Crippen MR) is 75.6 cm³/mol. The van der Waals surface area contributed by atoms with Gasteiger partial charge in [0.15, 0.2) is 0 Å². The van der Waals surface area contributed by atoms with Crippen molar-refractivity contribution >= 4 is 11.8 Å². The summed E-state index contributed by atoms with van der Waals surface area (Å²) in [5.41, 5.74) is 3.00. The fourth-order valence-corrected chi connectivity index (χ4v) is 3.16. The van der Waals surface area contributed by atoms with Crippen molar-refractivity contribution in [2.24, 2.45) is 0 Å². The first kappa shape index (κ1) is 11.6. The maximum atomic E-state index is 3.62. The molecule has 3 rings (SSSR count). The van der Waals surface area contributed by atoms with Gasteiger partial charge < -0.3 is 5.32 Å². The van der Waals surface area contributed by atoms with Crippen LogP contribution in [-0.2, 0) is 6.54 Å². The largest absolute Gasteiger partial charge is 0.311 e. The van der Waals surface area contributed by atoms with Gasteiger partial charge in [-0.2, -0.15) is 11.8 Å². The normalized spacial score (nSPS) is 21.5. The van der Waals surface area contributed by atoms with E-state index in [-0.39, 0.29) is 0 Å². The Morgan fingerprint density at radius 1 is 1.35 bits per heavy atom. The molecule has 0 atom stereocenters. The maximum Gasteiger partial charge on any atom is 0.0282 e. The lowest BCUT2D eigenvalue weighted by molar-refractivity contribution is 0.662. The monoisotopic (exact) mass is 247 g/mol. The Bertz CT molecular complexity index is 394. The van der Waals surface area contributed by atoms with Crippen molar-refractivity contribution in [2.75, 3.05) is 12.8 Å². The summed E-state index contributed by atoms with van der Waals surface area (Å²) in [5.74, 6) is 0.871. The van der Waals surface area contributed by atoms with Crippen molar-refractivity contribution in [3.8, 4) is 0 Å². The van der Waals surface area contributed by atoms with E-state index < -0.39 is 0 Å². The molecule has 1 nitrogen and oxygen atoms in total. The number of hydrogen-bond donors (Lipinski definition) is 1. The van der Waals surface area contributed by atoms with E-state index in [1.807, 2.05) is 11.8 Å². The highest BCUT2D eigenvalue weighted by Gasteiger charge is 2.41. The van der Waals surface area contributed by atoms with Crippen LogP contribution in [0.25, 0.3) is 0 Å². The van der Waals surface area contributed by atoms with Crippen LogP contribution in [0.2, 0.25) is 0 Å². The molecule has 0 aromatic heterocycles. The van der Waals surface area contributed by atoms with Crippen LogP contribution in [0.1, 0.15) is 42.7 Å². The molecule has 0 unspecified atom stereocenters. The molecule has 1 aromatic rings. The molecular formula is C15H21NS. The number of benzene rings is 1. The summed E-state index contributed by atoms with van der Waals surface area (Å²) in [4.78, 5) is 0. The van der Waals surface area contributed by atoms with Crippen molar-refractivity contribution in [3.05, 3.63) is 35.4 Å². The summed E-state index contributed by atoms with van der Waals surface area (Å²) < 4.78 is 0.577. The zero-order valence-electron chi connectivity index (χ0n) is 10.5. The van der Waals surface area contributed by atoms with Gasteiger partial charge in [-0.15, -0.1) is 0 Å². The minimum Gasteiger partial charge on any atom is -0.311 e. The molecule has 2 aliphatic rings. The highest BCUT2D eigenvalue weighted by Crippen LogP contribution is 2.46. The SMILES string of the molecule is CSC1(CNCc2cccc(C3CC3)c2)CC1. The van der Waals surface area contributed by atoms with Crippen molar-refractivity contribution in [1.29, 1.82) is 0 Å². The predicted octanol–water partition coefficient (Wildman–Crippen LogP) is 3.55. The minimum atomic E-state index is 0.577. The van der Waals surface area contributed by atoms with Gasteiger partial charge in [-0.1, -0.05) is 24.3 Å². The Kier molecular flexibility index (Phi) is 3.18. The number of hydrogen-bond acceptors (Lipinski definition) is 2. The fourth-order valence-electron chi connectivity index (χ4n) is 2.40. The van der Waals surface area contributed by atoms with Crippen molar-refractivity contribution in [3.63, 3.8) is 0 Å². The van der Waals surface area contributed by atoms with E-state index in [0.29, 0.717) is 4.75 Å². The Hall–Kier alpha value is -0.470. The maximum absolute atomic E-state index is 3.62. The molecule has 0 heterocycles. The van der Waals surface area contributed by atoms with E-state index in [2.05, 4.69) is 35.8 Å². The molecule has 0 bridgehead atoms. The van der Waals surface area contributed by atoms with Crippen LogP contribution in [-0.4, -0.2) is 17.5 Å². The van der Waals surface area contributed by atoms with Crippen LogP contribution in [0.15, 0.2) is 24.3 Å². The summed E-state index contributed by atoms with van der Waals surface area (Å²) in [6.45, 7) is 2.20. The Morgan fingerprint density at radius 2 is 2.18 bits per heavy atom. The van der Waals surface area contributed by atoms with E-state index in [0.717, 1.165) is 12.5 Å². The summed E-state index contributed by atoms with van der Waals surface area (Å²) in [6.07, 6.45) is 7.81. The summed E-state index contributed by atoms with van der Waals surface area (Å²) in [7, 11) is 0. The third-order valence-electron chi connectivity index (χ3n) is 4.02. The topological polar surface area (TPSA) is 12.0 Å². The first-order valence-electron chi connectivity index (χ1n) is 6.66. The van der Waals surface area contributed by atoms with Gasteiger partial charge in [0, 0.05) is 17.8 Å². The zero-order valence-corrected chi connectivity index (χ0v) is 11.4. The van der Waals surface area contributed by atoms with E-state index in [9.17, 15) is 0 Å². The van der Waals surface area contributed by atoms with Crippen molar-refractivity contribution in [2.45, 2.75) is 42.9 Å². The number of thioether (sulfide) groups is 1. The zero-order chi connectivity index (χ0) is 11.7. The molecule has 2 fully saturated rings. The Labute approximate surface area is 108 Å². The highest BCUT2D eigenvalue weighted by molar-refractivity contribution is 8.00. The standard InChI is InChI=1S/C15H21NS/c1-17-15(7-8-15)11-16-10-12-3-2-4-14(9-12)13-5-6-13/h2-4,9,13,16H,5-8,10-11H2,1H3. The second-order valence-electron chi connectivity index (χ2n) is 5.51. The molecule has 1 aromatic carbocycles. The Morgan fingerprint density at radius 3 is 2.82 bits per heavy atom. The van der Waals surface area contributed by atoms with E-state index >= 15 is 0 Å². The molecule has 0 radical (unpaired) electrons. The number of nitrogens with one attached hydrogen (secondary N) is 1. The molecule has 0 amide bonds. The van der Waals surface area contributed by atoms with Gasteiger partial charge in [0.05, 0.1) is 0 Å². The van der Waals surface area contributed by atoms with Gasteiger partial charge in [0.2, 0.25) is 0 Å². The van der Waals surface area contributed by atoms with Crippen LogP contribution >= 0.6 is 11.8 Å². The molecule has 92 valence electrons. The molecule has 2 saturated carbocycles. The van der Waals surface area contributed by atoms with Gasteiger partial charge >= 0.3 is 0 Å². The van der Waals surface area contributed by atoms with E-state index in [4.69, 9.17) is 0 Å². The van der Waals surface area contributed by atoms with Crippen LogP contribution in [0.5, 0.6) is 0 Å². The van der Waals surface area contributed by atoms with Crippen LogP contribution in [0.3, 0.4) is 0 Å². The molecular weight excluding hydrogens is 226 g/mol. The first-order chi connectivity index (χ1) is 8.31. The first-order valence-corrected chi connectivity index (χ1v) is 7.88. The molecule has 0 saturated heterocycles. The lowest BCUT2D eigenvalue weighted by atomic mass is 10.1. The third kappa shape index (κ3) is 2.86. The molecule has 0 aliphatic heterocycles. The molecule has 2 aliphatic carbocycles. The lowest BCUT2D eigenvalue weighted by Gasteiger charge is -2.13. The van der Waals surface area contributed by atoms with Gasteiger partial charge in [-0.25, -0.2) is 0 Å². The van der Waals surface area contributed by atoms with Crippen molar-refractivity contribution in [1.82, 2.24) is 5.32 Å². The molecule has 17 heavy (non-hydrogen) atoms. The van der Waals surface area contributed by atoms with Gasteiger partial charge in [0.25, 0.3) is 0 Å². The summed E-state index contributed by atoms with van der Waals surface area (Å²) in [5, 5.41) is 3.62. The fraction of sp³-hybridized carbons (Fsp3) is 0.600. The van der Waals surface area contributed by atoms with Gasteiger partial charge in [-0.3, -0.25) is 0 Å². The van der Waals surface area contributed by atoms with Gasteiger partial charge in [0.1, 0.15) is 0 Å². The second kappa shape index (κ2) is 4.66. The third-order valence-corrected chi connectivity index (χ3v) is 5.44. The second-order valence-corrected chi connectivity index (χ2v) is 6.78. The van der Waals surface area contributed by atoms with Crippen LogP contribution < -0.4 is 5.32 Å². The van der Waals surface area contributed by atoms with Crippen molar-refractivity contribution < 1.29 is 0 Å². The minimum absolute atomic E-state index is 0.577. The van der Waals surface area contributed by atoms with E-state index in [1.54, 1.807) is 5.56 Å².